The highest BCUT2D eigenvalue weighted by Crippen LogP contribution is 2.16. The van der Waals surface area contributed by atoms with Gasteiger partial charge >= 0.3 is 0 Å². The van der Waals surface area contributed by atoms with E-state index in [-0.39, 0.29) is 5.91 Å². The molecule has 3 N–H and O–H groups in total. The fourth-order valence-corrected chi connectivity index (χ4v) is 1.93. The van der Waals surface area contributed by atoms with E-state index in [0.717, 1.165) is 12.3 Å². The Hall–Kier alpha value is -1.00. The fourth-order valence-electron chi connectivity index (χ4n) is 1.14. The predicted molar refractivity (Wildman–Crippen MR) is 68.4 cm³/mol. The Morgan fingerprint density at radius 2 is 2.00 bits per heavy atom. The molecule has 0 spiro atoms. The van der Waals surface area contributed by atoms with Crippen molar-refractivity contribution in [2.24, 2.45) is 5.73 Å². The normalized spacial score (nSPS) is 11.4. The van der Waals surface area contributed by atoms with Crippen LogP contribution >= 0.6 is 11.8 Å². The third kappa shape index (κ3) is 4.24. The molecule has 1 aromatic carbocycles. The Balaban J connectivity index is 2.25. The molecule has 0 aliphatic rings. The lowest BCUT2D eigenvalue weighted by Crippen LogP contribution is -2.51. The molecular formula is C12H18N2OS. The average molecular weight is 238 g/mol. The summed E-state index contributed by atoms with van der Waals surface area (Å²) in [5, 5.41) is 3.13. The van der Waals surface area contributed by atoms with Gasteiger partial charge in [0.15, 0.2) is 0 Å². The topological polar surface area (TPSA) is 55.1 Å². The average Bonchev–Trinajstić information content (AvgIpc) is 2.26. The van der Waals surface area contributed by atoms with Gasteiger partial charge in [0.05, 0.1) is 5.54 Å². The van der Waals surface area contributed by atoms with Crippen LogP contribution in [0.2, 0.25) is 0 Å². The number of carbonyl (C=O) groups excluding carboxylic acids is 1. The summed E-state index contributed by atoms with van der Waals surface area (Å²) in [4.78, 5) is 12.3. The lowest BCUT2D eigenvalue weighted by Gasteiger charge is -2.21. The van der Waals surface area contributed by atoms with Crippen LogP contribution in [0.25, 0.3) is 0 Å². The molecular weight excluding hydrogens is 220 g/mol. The molecule has 0 saturated carbocycles. The van der Waals surface area contributed by atoms with Crippen LogP contribution in [0.3, 0.4) is 0 Å². The van der Waals surface area contributed by atoms with Crippen LogP contribution in [0, 0.1) is 0 Å². The van der Waals surface area contributed by atoms with Crippen molar-refractivity contribution in [3.8, 4) is 0 Å². The van der Waals surface area contributed by atoms with Crippen LogP contribution in [-0.4, -0.2) is 23.7 Å². The van der Waals surface area contributed by atoms with E-state index in [1.165, 1.54) is 4.90 Å². The molecule has 0 fully saturated rings. The molecule has 0 radical (unpaired) electrons. The molecule has 88 valence electrons. The third-order valence-corrected chi connectivity index (χ3v) is 3.31. The Kier molecular flexibility index (Phi) is 4.83. The zero-order valence-electron chi connectivity index (χ0n) is 9.69. The summed E-state index contributed by atoms with van der Waals surface area (Å²) in [7, 11) is 0. The van der Waals surface area contributed by atoms with E-state index in [0.29, 0.717) is 0 Å². The minimum atomic E-state index is -0.628. The number of thioether (sulfide) groups is 1. The predicted octanol–water partition coefficient (Wildman–Crippen LogP) is 1.63. The number of benzene rings is 1. The maximum atomic E-state index is 11.0. The van der Waals surface area contributed by atoms with Crippen molar-refractivity contribution in [3.63, 3.8) is 0 Å². The first-order valence-electron chi connectivity index (χ1n) is 5.25. The highest BCUT2D eigenvalue weighted by Gasteiger charge is 2.23. The largest absolute Gasteiger partial charge is 0.368 e. The Morgan fingerprint density at radius 3 is 2.56 bits per heavy atom. The first-order valence-corrected chi connectivity index (χ1v) is 6.24. The van der Waals surface area contributed by atoms with E-state index in [9.17, 15) is 4.79 Å². The minimum Gasteiger partial charge on any atom is -0.368 e. The van der Waals surface area contributed by atoms with Crippen molar-refractivity contribution in [1.29, 1.82) is 0 Å². The van der Waals surface area contributed by atoms with E-state index in [1.54, 1.807) is 25.6 Å². The highest BCUT2D eigenvalue weighted by molar-refractivity contribution is 7.99. The number of nitrogens with two attached hydrogens (primary N) is 1. The molecule has 0 atom stereocenters. The molecule has 1 rings (SSSR count). The van der Waals surface area contributed by atoms with Crippen molar-refractivity contribution < 1.29 is 4.79 Å². The van der Waals surface area contributed by atoms with Gasteiger partial charge in [0.1, 0.15) is 0 Å². The van der Waals surface area contributed by atoms with Gasteiger partial charge in [-0.1, -0.05) is 18.2 Å². The molecule has 16 heavy (non-hydrogen) atoms. The number of primary amides is 1. The van der Waals surface area contributed by atoms with E-state index in [4.69, 9.17) is 5.73 Å². The maximum Gasteiger partial charge on any atom is 0.237 e. The summed E-state index contributed by atoms with van der Waals surface area (Å²) in [5.41, 5.74) is 4.63. The molecule has 0 aliphatic carbocycles. The van der Waals surface area contributed by atoms with Gasteiger partial charge in [-0.2, -0.15) is 0 Å². The van der Waals surface area contributed by atoms with Gasteiger partial charge in [0.25, 0.3) is 0 Å². The van der Waals surface area contributed by atoms with Crippen LogP contribution in [0.15, 0.2) is 35.2 Å². The van der Waals surface area contributed by atoms with Gasteiger partial charge in [0, 0.05) is 17.2 Å². The highest BCUT2D eigenvalue weighted by atomic mass is 32.2. The summed E-state index contributed by atoms with van der Waals surface area (Å²) < 4.78 is 0. The number of rotatable bonds is 6. The van der Waals surface area contributed by atoms with Crippen LogP contribution < -0.4 is 11.1 Å². The summed E-state index contributed by atoms with van der Waals surface area (Å²) in [6.07, 6.45) is 0. The SMILES string of the molecule is CC(C)(NCCSc1ccccc1)C(N)=O. The fraction of sp³-hybridized carbons (Fsp3) is 0.417. The van der Waals surface area contributed by atoms with Crippen molar-refractivity contribution in [3.05, 3.63) is 30.3 Å². The minimum absolute atomic E-state index is 0.322. The summed E-state index contributed by atoms with van der Waals surface area (Å²) in [5.74, 6) is 0.595. The van der Waals surface area contributed by atoms with Crippen molar-refractivity contribution in [2.75, 3.05) is 12.3 Å². The van der Waals surface area contributed by atoms with Crippen molar-refractivity contribution in [1.82, 2.24) is 5.32 Å². The Morgan fingerprint density at radius 1 is 1.38 bits per heavy atom. The molecule has 0 aliphatic heterocycles. The first-order chi connectivity index (χ1) is 7.52. The summed E-state index contributed by atoms with van der Waals surface area (Å²) in [6.45, 7) is 4.35. The van der Waals surface area contributed by atoms with Crippen molar-refractivity contribution in [2.45, 2.75) is 24.3 Å². The van der Waals surface area contributed by atoms with Gasteiger partial charge in [-0.3, -0.25) is 4.79 Å². The van der Waals surface area contributed by atoms with Gasteiger partial charge < -0.3 is 11.1 Å². The summed E-state index contributed by atoms with van der Waals surface area (Å²) >= 11 is 1.76. The first kappa shape index (κ1) is 13.1. The van der Waals surface area contributed by atoms with Crippen LogP contribution in [-0.2, 0) is 4.79 Å². The second-order valence-corrected chi connectivity index (χ2v) is 5.25. The van der Waals surface area contributed by atoms with Gasteiger partial charge in [-0.15, -0.1) is 11.8 Å². The van der Waals surface area contributed by atoms with Gasteiger partial charge in [-0.25, -0.2) is 0 Å². The second kappa shape index (κ2) is 5.92. The smallest absolute Gasteiger partial charge is 0.237 e. The number of hydrogen-bond acceptors (Lipinski definition) is 3. The second-order valence-electron chi connectivity index (χ2n) is 4.08. The molecule has 4 heteroatoms. The van der Waals surface area contributed by atoms with E-state index >= 15 is 0 Å². The molecule has 1 aromatic rings. The Labute approximate surface area is 101 Å². The number of amides is 1. The molecule has 0 bridgehead atoms. The maximum absolute atomic E-state index is 11.0. The zero-order valence-corrected chi connectivity index (χ0v) is 10.5. The Bertz CT molecular complexity index is 338. The van der Waals surface area contributed by atoms with Gasteiger partial charge in [-0.05, 0) is 26.0 Å². The lowest BCUT2D eigenvalue weighted by molar-refractivity contribution is -0.123. The number of hydrogen-bond donors (Lipinski definition) is 2. The standard InChI is InChI=1S/C12H18N2OS/c1-12(2,11(13)15)14-8-9-16-10-6-4-3-5-7-10/h3-7,14H,8-9H2,1-2H3,(H2,13,15). The van der Waals surface area contributed by atoms with Crippen molar-refractivity contribution >= 4 is 17.7 Å². The number of carbonyl (C=O) groups is 1. The van der Waals surface area contributed by atoms with Crippen LogP contribution in [0.4, 0.5) is 0 Å². The third-order valence-electron chi connectivity index (χ3n) is 2.30. The molecule has 0 aromatic heterocycles. The van der Waals surface area contributed by atoms with E-state index in [1.807, 2.05) is 18.2 Å². The summed E-state index contributed by atoms with van der Waals surface area (Å²) in [6, 6.07) is 10.2. The quantitative estimate of drug-likeness (QED) is 0.585. The van der Waals surface area contributed by atoms with Gasteiger partial charge in [0.2, 0.25) is 5.91 Å². The van der Waals surface area contributed by atoms with E-state index < -0.39 is 5.54 Å². The van der Waals surface area contributed by atoms with Crippen LogP contribution in [0.1, 0.15) is 13.8 Å². The molecule has 3 nitrogen and oxygen atoms in total. The van der Waals surface area contributed by atoms with Crippen LogP contribution in [0.5, 0.6) is 0 Å². The molecule has 1 amide bonds. The molecule has 0 saturated heterocycles. The van der Waals surface area contributed by atoms with E-state index in [2.05, 4.69) is 17.4 Å². The number of nitrogens with one attached hydrogen (secondary N) is 1. The lowest BCUT2D eigenvalue weighted by atomic mass is 10.1. The molecule has 0 heterocycles. The molecule has 0 unspecified atom stereocenters. The monoisotopic (exact) mass is 238 g/mol. The zero-order chi connectivity index (χ0) is 12.0.